The monoisotopic (exact) mass is 466 g/mol. The van der Waals surface area contributed by atoms with Gasteiger partial charge in [0.2, 0.25) is 0 Å². The molecule has 0 aromatic heterocycles. The van der Waals surface area contributed by atoms with Gasteiger partial charge in [0.25, 0.3) is 0 Å². The zero-order valence-electron chi connectivity index (χ0n) is 20.7. The van der Waals surface area contributed by atoms with Crippen LogP contribution in [-0.4, -0.2) is 56.4 Å². The predicted molar refractivity (Wildman–Crippen MR) is 125 cm³/mol. The molecule has 190 valence electrons. The van der Waals surface area contributed by atoms with E-state index in [-0.39, 0.29) is 41.7 Å². The Bertz CT molecular complexity index is 713. The quantitative estimate of drug-likeness (QED) is 0.392. The van der Waals surface area contributed by atoms with Gasteiger partial charge in [0.05, 0.1) is 30.8 Å². The molecule has 0 radical (unpaired) electrons. The highest BCUT2D eigenvalue weighted by Crippen LogP contribution is 2.68. The molecule has 4 aliphatic rings. The number of aliphatic carboxylic acids is 1. The molecular weight excluding hydrogens is 420 g/mol. The summed E-state index contributed by atoms with van der Waals surface area (Å²) in [4.78, 5) is 11.2. The van der Waals surface area contributed by atoms with Crippen molar-refractivity contribution in [2.24, 2.45) is 52.3 Å². The largest absolute Gasteiger partial charge is 0.481 e. The molecule has 4 saturated carbocycles. The Morgan fingerprint density at radius 2 is 1.70 bits per heavy atom. The summed E-state index contributed by atoms with van der Waals surface area (Å²) in [7, 11) is 0. The van der Waals surface area contributed by atoms with E-state index in [1.165, 1.54) is 0 Å². The van der Waals surface area contributed by atoms with Crippen LogP contribution in [0.5, 0.6) is 0 Å². The molecule has 0 spiro atoms. The van der Waals surface area contributed by atoms with Crippen LogP contribution in [0, 0.1) is 52.3 Å². The van der Waals surface area contributed by atoms with E-state index in [0.717, 1.165) is 51.4 Å². The third-order valence-corrected chi connectivity index (χ3v) is 11.3. The van der Waals surface area contributed by atoms with E-state index >= 15 is 0 Å². The summed E-state index contributed by atoms with van der Waals surface area (Å²) < 4.78 is 0. The van der Waals surface area contributed by atoms with Crippen molar-refractivity contribution in [2.75, 3.05) is 6.61 Å². The molecule has 6 nitrogen and oxygen atoms in total. The number of aliphatic hydroxyl groups excluding tert-OH is 4. The Labute approximate surface area is 198 Å². The molecule has 0 aromatic carbocycles. The zero-order chi connectivity index (χ0) is 24.1. The van der Waals surface area contributed by atoms with Crippen molar-refractivity contribution in [1.29, 1.82) is 0 Å². The highest BCUT2D eigenvalue weighted by atomic mass is 16.4. The van der Waals surface area contributed by atoms with E-state index in [9.17, 15) is 30.3 Å². The number of hydrogen-bond acceptors (Lipinski definition) is 5. The van der Waals surface area contributed by atoms with Gasteiger partial charge in [0, 0.05) is 0 Å². The van der Waals surface area contributed by atoms with Crippen molar-refractivity contribution < 1.29 is 30.3 Å². The van der Waals surface area contributed by atoms with E-state index in [1.807, 2.05) is 0 Å². The molecule has 4 aliphatic carbocycles. The van der Waals surface area contributed by atoms with Crippen LogP contribution >= 0.6 is 0 Å². The summed E-state index contributed by atoms with van der Waals surface area (Å²) in [6.07, 6.45) is 7.33. The number of aliphatic hydroxyl groups is 4. The first-order valence-electron chi connectivity index (χ1n) is 13.4. The van der Waals surface area contributed by atoms with Crippen LogP contribution in [0.2, 0.25) is 0 Å². The van der Waals surface area contributed by atoms with Gasteiger partial charge >= 0.3 is 5.97 Å². The number of rotatable bonds is 7. The van der Waals surface area contributed by atoms with E-state index in [1.54, 1.807) is 0 Å². The second-order valence-electron chi connectivity index (χ2n) is 12.6. The first kappa shape index (κ1) is 25.4. The van der Waals surface area contributed by atoms with Crippen molar-refractivity contribution >= 4 is 5.97 Å². The standard InChI is InChI=1S/C27H46O6/c1-15(5-4-6-16(14-28)25(32)33)19-7-8-20-18-12-23(30)22-11-17(29)9-10-26(22,2)21(18)13-24(31)27(19,20)3/h15-24,28-31H,4-14H2,1-3H3,(H,32,33)/t15-,16-,17+,18+,19+,20-,21-,22-,23-,24-,26+,27+/m0/s1. The lowest BCUT2D eigenvalue weighted by Gasteiger charge is -2.63. The van der Waals surface area contributed by atoms with Gasteiger partial charge in [-0.3, -0.25) is 4.79 Å². The smallest absolute Gasteiger partial charge is 0.308 e. The van der Waals surface area contributed by atoms with Crippen LogP contribution in [0.1, 0.15) is 85.0 Å². The molecule has 0 heterocycles. The summed E-state index contributed by atoms with van der Waals surface area (Å²) in [5.74, 6) is 0.536. The molecule has 6 heteroatoms. The van der Waals surface area contributed by atoms with Crippen LogP contribution in [0.15, 0.2) is 0 Å². The normalized spacial score (nSPS) is 48.9. The third kappa shape index (κ3) is 4.17. The maximum atomic E-state index is 11.6. The van der Waals surface area contributed by atoms with Crippen LogP contribution in [0.3, 0.4) is 0 Å². The fourth-order valence-electron chi connectivity index (χ4n) is 9.38. The second kappa shape index (κ2) is 9.40. The Morgan fingerprint density at radius 3 is 2.36 bits per heavy atom. The Hall–Kier alpha value is -0.690. The van der Waals surface area contributed by atoms with Crippen molar-refractivity contribution in [1.82, 2.24) is 0 Å². The highest BCUT2D eigenvalue weighted by Gasteiger charge is 2.65. The van der Waals surface area contributed by atoms with Crippen molar-refractivity contribution in [2.45, 2.75) is 103 Å². The van der Waals surface area contributed by atoms with Crippen molar-refractivity contribution in [3.8, 4) is 0 Å². The number of fused-ring (bicyclic) bond motifs is 5. The maximum Gasteiger partial charge on any atom is 0.308 e. The summed E-state index contributed by atoms with van der Waals surface area (Å²) >= 11 is 0. The van der Waals surface area contributed by atoms with E-state index in [2.05, 4.69) is 20.8 Å². The summed E-state index contributed by atoms with van der Waals surface area (Å²) in [6, 6.07) is 0. The Kier molecular flexibility index (Phi) is 7.24. The topological polar surface area (TPSA) is 118 Å². The van der Waals surface area contributed by atoms with E-state index < -0.39 is 11.9 Å². The minimum absolute atomic E-state index is 0.0102. The zero-order valence-corrected chi connectivity index (χ0v) is 20.7. The van der Waals surface area contributed by atoms with Gasteiger partial charge in [0.15, 0.2) is 0 Å². The van der Waals surface area contributed by atoms with Crippen molar-refractivity contribution in [3.63, 3.8) is 0 Å². The predicted octanol–water partition coefficient (Wildman–Crippen LogP) is 3.45. The Balaban J connectivity index is 1.48. The summed E-state index contributed by atoms with van der Waals surface area (Å²) in [5, 5.41) is 51.6. The van der Waals surface area contributed by atoms with Gasteiger partial charge < -0.3 is 25.5 Å². The SMILES string of the molecule is C[C@@H](CCC[C@@H](CO)C(=O)O)[C@H]1CC[C@H]2[C@H]3C[C@H](O)[C@@H]4C[C@H](O)CC[C@]4(C)[C@H]3C[C@H](O)[C@]12C. The summed E-state index contributed by atoms with van der Waals surface area (Å²) in [5.41, 5.74) is -0.176. The molecule has 0 bridgehead atoms. The number of carbonyl (C=O) groups is 1. The molecule has 4 fully saturated rings. The van der Waals surface area contributed by atoms with Crippen LogP contribution < -0.4 is 0 Å². The first-order chi connectivity index (χ1) is 15.5. The number of carboxylic acids is 1. The van der Waals surface area contributed by atoms with Gasteiger partial charge in [-0.25, -0.2) is 0 Å². The molecular formula is C27H46O6. The number of carboxylic acid groups (broad SMARTS) is 1. The van der Waals surface area contributed by atoms with Crippen LogP contribution in [-0.2, 0) is 4.79 Å². The molecule has 4 rings (SSSR count). The minimum Gasteiger partial charge on any atom is -0.481 e. The average Bonchev–Trinajstić information content (AvgIpc) is 3.12. The van der Waals surface area contributed by atoms with Crippen LogP contribution in [0.4, 0.5) is 0 Å². The minimum atomic E-state index is -0.926. The fourth-order valence-corrected chi connectivity index (χ4v) is 9.38. The molecule has 12 atom stereocenters. The molecule has 0 amide bonds. The molecule has 0 aliphatic heterocycles. The van der Waals surface area contributed by atoms with Gasteiger partial charge in [-0.2, -0.15) is 0 Å². The maximum absolute atomic E-state index is 11.6. The van der Waals surface area contributed by atoms with Gasteiger partial charge in [-0.1, -0.05) is 33.6 Å². The van der Waals surface area contributed by atoms with Gasteiger partial charge in [0.1, 0.15) is 0 Å². The molecule has 5 N–H and O–H groups in total. The number of hydrogen-bond donors (Lipinski definition) is 5. The lowest BCUT2D eigenvalue weighted by atomic mass is 9.43. The first-order valence-corrected chi connectivity index (χ1v) is 13.4. The van der Waals surface area contributed by atoms with Gasteiger partial charge in [-0.15, -0.1) is 0 Å². The lowest BCUT2D eigenvalue weighted by molar-refractivity contribution is -0.202. The third-order valence-electron chi connectivity index (χ3n) is 11.3. The van der Waals surface area contributed by atoms with E-state index in [0.29, 0.717) is 42.4 Å². The van der Waals surface area contributed by atoms with Crippen molar-refractivity contribution in [3.05, 3.63) is 0 Å². The van der Waals surface area contributed by atoms with E-state index in [4.69, 9.17) is 0 Å². The summed E-state index contributed by atoms with van der Waals surface area (Å²) in [6.45, 7) is 6.54. The fraction of sp³-hybridized carbons (Fsp3) is 0.963. The molecule has 33 heavy (non-hydrogen) atoms. The second-order valence-corrected chi connectivity index (χ2v) is 12.6. The Morgan fingerprint density at radius 1 is 0.970 bits per heavy atom. The van der Waals surface area contributed by atoms with Gasteiger partial charge in [-0.05, 0) is 97.7 Å². The van der Waals surface area contributed by atoms with Crippen LogP contribution in [0.25, 0.3) is 0 Å². The lowest BCUT2D eigenvalue weighted by Crippen LogP contribution is -2.61. The highest BCUT2D eigenvalue weighted by molar-refractivity contribution is 5.69. The molecule has 0 unspecified atom stereocenters. The average molecular weight is 467 g/mol. The molecule has 0 aromatic rings. The molecule has 0 saturated heterocycles.